The smallest absolute Gasteiger partial charge is 0.267 e. The molecule has 0 saturated carbocycles. The SMILES string of the molecule is CCCCCCCSCCCCCC/C=C/CC(=O)N1C(=S)OC(c2ccccc2)(c2ccccc2)C1C(C)C. The Hall–Kier alpha value is -2.11. The highest BCUT2D eigenvalue weighted by molar-refractivity contribution is 7.99. The zero-order chi connectivity index (χ0) is 28.6. The number of amides is 1. The predicted octanol–water partition coefficient (Wildman–Crippen LogP) is 9.70. The summed E-state index contributed by atoms with van der Waals surface area (Å²) in [5.74, 6) is 2.75. The first kappa shape index (κ1) is 32.4. The second-order valence-corrected chi connectivity index (χ2v) is 12.8. The molecular formula is C35H49NO2S2. The molecule has 0 aliphatic carbocycles. The molecule has 0 spiro atoms. The molecule has 3 rings (SSSR count). The number of nitrogens with zero attached hydrogens (tertiary/aromatic N) is 1. The molecule has 1 unspecified atom stereocenters. The summed E-state index contributed by atoms with van der Waals surface area (Å²) in [7, 11) is 0. The van der Waals surface area contributed by atoms with E-state index in [0.717, 1.165) is 17.5 Å². The minimum Gasteiger partial charge on any atom is -0.452 e. The lowest BCUT2D eigenvalue weighted by molar-refractivity contribution is -0.128. The van der Waals surface area contributed by atoms with Crippen LogP contribution in [-0.4, -0.2) is 33.5 Å². The van der Waals surface area contributed by atoms with Crippen LogP contribution in [-0.2, 0) is 15.1 Å². The molecule has 2 aromatic carbocycles. The van der Waals surface area contributed by atoms with E-state index in [9.17, 15) is 4.79 Å². The first-order valence-electron chi connectivity index (χ1n) is 15.4. The van der Waals surface area contributed by atoms with Gasteiger partial charge in [-0.3, -0.25) is 9.69 Å². The summed E-state index contributed by atoms with van der Waals surface area (Å²) in [5.41, 5.74) is 1.19. The van der Waals surface area contributed by atoms with Crippen LogP contribution >= 0.6 is 24.0 Å². The lowest BCUT2D eigenvalue weighted by atomic mass is 9.75. The minimum atomic E-state index is -0.833. The van der Waals surface area contributed by atoms with Gasteiger partial charge in [0.2, 0.25) is 5.91 Å². The van der Waals surface area contributed by atoms with Crippen LogP contribution < -0.4 is 0 Å². The van der Waals surface area contributed by atoms with E-state index in [2.05, 4.69) is 62.9 Å². The second kappa shape index (κ2) is 17.6. The van der Waals surface area contributed by atoms with Gasteiger partial charge in [0.1, 0.15) is 0 Å². The number of benzene rings is 2. The normalized spacial score (nSPS) is 16.6. The highest BCUT2D eigenvalue weighted by Gasteiger charge is 2.57. The van der Waals surface area contributed by atoms with Gasteiger partial charge in [0.25, 0.3) is 5.17 Å². The van der Waals surface area contributed by atoms with E-state index in [4.69, 9.17) is 17.0 Å². The van der Waals surface area contributed by atoms with Crippen molar-refractivity contribution in [3.63, 3.8) is 0 Å². The van der Waals surface area contributed by atoms with Crippen LogP contribution in [0.25, 0.3) is 0 Å². The molecular weight excluding hydrogens is 531 g/mol. The molecule has 1 heterocycles. The molecule has 1 fully saturated rings. The fourth-order valence-corrected chi connectivity index (χ4v) is 7.06. The molecule has 3 nitrogen and oxygen atoms in total. The Morgan fingerprint density at radius 3 is 1.98 bits per heavy atom. The molecule has 0 bridgehead atoms. The van der Waals surface area contributed by atoms with Crippen LogP contribution in [0.4, 0.5) is 0 Å². The zero-order valence-electron chi connectivity index (χ0n) is 24.9. The lowest BCUT2D eigenvalue weighted by Crippen LogP contribution is -2.49. The lowest BCUT2D eigenvalue weighted by Gasteiger charge is -2.38. The Labute approximate surface area is 253 Å². The Morgan fingerprint density at radius 1 is 0.875 bits per heavy atom. The van der Waals surface area contributed by atoms with Gasteiger partial charge in [-0.1, -0.05) is 132 Å². The molecule has 1 aliphatic rings. The first-order chi connectivity index (χ1) is 19.5. The maximum atomic E-state index is 13.6. The zero-order valence-corrected chi connectivity index (χ0v) is 26.5. The van der Waals surface area contributed by atoms with Gasteiger partial charge in [-0.05, 0) is 55.3 Å². The molecule has 1 amide bonds. The van der Waals surface area contributed by atoms with Crippen LogP contribution in [0.1, 0.15) is 103 Å². The molecule has 2 aromatic rings. The largest absolute Gasteiger partial charge is 0.452 e. The molecule has 0 radical (unpaired) electrons. The second-order valence-electron chi connectivity index (χ2n) is 11.2. The third-order valence-corrected chi connectivity index (χ3v) is 9.14. The van der Waals surface area contributed by atoms with Gasteiger partial charge in [-0.15, -0.1) is 0 Å². The first-order valence-corrected chi connectivity index (χ1v) is 17.0. The average molecular weight is 580 g/mol. The van der Waals surface area contributed by atoms with Gasteiger partial charge in [0.15, 0.2) is 5.60 Å². The third-order valence-electron chi connectivity index (χ3n) is 7.71. The van der Waals surface area contributed by atoms with Gasteiger partial charge >= 0.3 is 0 Å². The Balaban J connectivity index is 1.49. The van der Waals surface area contributed by atoms with Crippen molar-refractivity contribution in [3.8, 4) is 0 Å². The van der Waals surface area contributed by atoms with Gasteiger partial charge < -0.3 is 4.74 Å². The summed E-state index contributed by atoms with van der Waals surface area (Å²) in [6, 6.07) is 20.1. The van der Waals surface area contributed by atoms with Crippen LogP contribution in [0.2, 0.25) is 0 Å². The minimum absolute atomic E-state index is 0.000376. The predicted molar refractivity (Wildman–Crippen MR) is 176 cm³/mol. The van der Waals surface area contributed by atoms with E-state index in [1.54, 1.807) is 4.90 Å². The number of carbonyl (C=O) groups excluding carboxylic acids is 1. The van der Waals surface area contributed by atoms with E-state index >= 15 is 0 Å². The number of hydrogen-bond donors (Lipinski definition) is 0. The maximum Gasteiger partial charge on any atom is 0.267 e. The molecule has 0 N–H and O–H groups in total. The Kier molecular flexibility index (Phi) is 14.3. The summed E-state index contributed by atoms with van der Waals surface area (Å²) in [6.45, 7) is 6.56. The Bertz CT molecular complexity index is 998. The van der Waals surface area contributed by atoms with Crippen molar-refractivity contribution in [2.45, 2.75) is 103 Å². The summed E-state index contributed by atoms with van der Waals surface area (Å²) >= 11 is 7.85. The van der Waals surface area contributed by atoms with Crippen LogP contribution in [0.15, 0.2) is 72.8 Å². The van der Waals surface area contributed by atoms with Crippen LogP contribution in [0, 0.1) is 5.92 Å². The molecule has 5 heteroatoms. The van der Waals surface area contributed by atoms with E-state index < -0.39 is 5.60 Å². The average Bonchev–Trinajstić information content (AvgIpc) is 3.30. The van der Waals surface area contributed by atoms with Gasteiger partial charge in [-0.25, -0.2) is 0 Å². The fraction of sp³-hybridized carbons (Fsp3) is 0.543. The molecule has 40 heavy (non-hydrogen) atoms. The van der Waals surface area contributed by atoms with Gasteiger partial charge in [-0.2, -0.15) is 11.8 Å². The summed E-state index contributed by atoms with van der Waals surface area (Å²) in [5, 5.41) is 0.267. The summed E-state index contributed by atoms with van der Waals surface area (Å²) in [4.78, 5) is 15.3. The van der Waals surface area contributed by atoms with E-state index in [1.165, 1.54) is 69.3 Å². The number of ether oxygens (including phenoxy) is 1. The van der Waals surface area contributed by atoms with Crippen molar-refractivity contribution in [3.05, 3.63) is 83.9 Å². The van der Waals surface area contributed by atoms with Crippen molar-refractivity contribution < 1.29 is 9.53 Å². The molecule has 1 aliphatic heterocycles. The number of carbonyl (C=O) groups is 1. The Morgan fingerprint density at radius 2 is 1.43 bits per heavy atom. The maximum absolute atomic E-state index is 13.6. The van der Waals surface area contributed by atoms with Crippen molar-refractivity contribution in [2.24, 2.45) is 5.92 Å². The van der Waals surface area contributed by atoms with Crippen molar-refractivity contribution in [1.29, 1.82) is 0 Å². The fourth-order valence-electron chi connectivity index (χ4n) is 5.69. The van der Waals surface area contributed by atoms with Crippen molar-refractivity contribution in [1.82, 2.24) is 4.90 Å². The molecule has 0 aromatic heterocycles. The number of thiocarbonyl (C=S) groups is 1. The monoisotopic (exact) mass is 579 g/mol. The quantitative estimate of drug-likeness (QED) is 0.0999. The number of rotatable bonds is 18. The van der Waals surface area contributed by atoms with Gasteiger partial charge in [0.05, 0.1) is 6.04 Å². The highest BCUT2D eigenvalue weighted by atomic mass is 32.2. The number of unbranched alkanes of at least 4 members (excludes halogenated alkanes) is 8. The molecule has 1 saturated heterocycles. The van der Waals surface area contributed by atoms with Crippen molar-refractivity contribution in [2.75, 3.05) is 11.5 Å². The van der Waals surface area contributed by atoms with Crippen molar-refractivity contribution >= 4 is 35.1 Å². The number of thioether (sulfide) groups is 1. The number of allylic oxidation sites excluding steroid dienone is 1. The summed E-state index contributed by atoms with van der Waals surface area (Å²) < 4.78 is 6.57. The van der Waals surface area contributed by atoms with E-state index in [0.29, 0.717) is 6.42 Å². The standard InChI is InChI=1S/C35H49NO2S2/c1-4-5-6-11-20-27-40-28-21-12-9-7-8-10-19-26-32(37)36-33(29(2)3)35(38-34(36)39,30-22-15-13-16-23-30)31-24-17-14-18-25-31/h10,13-19,22-25,29,33H,4-9,11-12,20-21,26-28H2,1-3H3/b19-10+. The molecule has 1 atom stereocenters. The van der Waals surface area contributed by atoms with Crippen LogP contribution in [0.3, 0.4) is 0 Å². The van der Waals surface area contributed by atoms with Crippen LogP contribution in [0.5, 0.6) is 0 Å². The van der Waals surface area contributed by atoms with Gasteiger partial charge in [0, 0.05) is 17.5 Å². The van der Waals surface area contributed by atoms with E-state index in [-0.39, 0.29) is 23.0 Å². The summed E-state index contributed by atoms with van der Waals surface area (Å²) in [6.07, 6.45) is 17.4. The number of hydrogen-bond acceptors (Lipinski definition) is 4. The topological polar surface area (TPSA) is 29.5 Å². The third kappa shape index (κ3) is 8.94. The molecule has 218 valence electrons. The highest BCUT2D eigenvalue weighted by Crippen LogP contribution is 2.47. The van der Waals surface area contributed by atoms with E-state index in [1.807, 2.05) is 42.5 Å².